The third-order valence-corrected chi connectivity index (χ3v) is 3.15. The number of carbonyl (C=O) groups is 1. The Morgan fingerprint density at radius 3 is 2.76 bits per heavy atom. The SMILES string of the molecule is O=C(O)c1csc2nc(-c3ccccc3)nn12. The molecular formula is C11H7N3O2S. The van der Waals surface area contributed by atoms with Gasteiger partial charge in [-0.2, -0.15) is 9.50 Å². The number of fused-ring (bicyclic) bond motifs is 1. The zero-order chi connectivity index (χ0) is 11.8. The lowest BCUT2D eigenvalue weighted by atomic mass is 10.2. The van der Waals surface area contributed by atoms with Crippen molar-refractivity contribution in [2.75, 3.05) is 0 Å². The summed E-state index contributed by atoms with van der Waals surface area (Å²) in [7, 11) is 0. The molecular weight excluding hydrogens is 238 g/mol. The third kappa shape index (κ3) is 1.58. The second-order valence-corrected chi connectivity index (χ2v) is 4.26. The minimum Gasteiger partial charge on any atom is -0.476 e. The normalized spacial score (nSPS) is 10.8. The van der Waals surface area contributed by atoms with E-state index >= 15 is 0 Å². The summed E-state index contributed by atoms with van der Waals surface area (Å²) < 4.78 is 1.36. The van der Waals surface area contributed by atoms with E-state index in [0.29, 0.717) is 10.8 Å². The molecule has 0 fully saturated rings. The van der Waals surface area contributed by atoms with Gasteiger partial charge in [0.15, 0.2) is 11.5 Å². The van der Waals surface area contributed by atoms with Crippen LogP contribution in [0.2, 0.25) is 0 Å². The number of aromatic carboxylic acids is 1. The summed E-state index contributed by atoms with van der Waals surface area (Å²) in [5.74, 6) is -0.458. The zero-order valence-corrected chi connectivity index (χ0v) is 9.39. The predicted octanol–water partition coefficient (Wildman–Crippen LogP) is 2.16. The summed E-state index contributed by atoms with van der Waals surface area (Å²) in [6, 6.07) is 9.47. The van der Waals surface area contributed by atoms with E-state index in [1.54, 1.807) is 0 Å². The second kappa shape index (κ2) is 3.67. The molecule has 84 valence electrons. The molecule has 0 aliphatic rings. The van der Waals surface area contributed by atoms with Gasteiger partial charge >= 0.3 is 5.97 Å². The van der Waals surface area contributed by atoms with Crippen LogP contribution in [-0.2, 0) is 0 Å². The van der Waals surface area contributed by atoms with E-state index in [1.165, 1.54) is 21.2 Å². The zero-order valence-electron chi connectivity index (χ0n) is 8.57. The van der Waals surface area contributed by atoms with Crippen LogP contribution in [0.3, 0.4) is 0 Å². The quantitative estimate of drug-likeness (QED) is 0.751. The molecule has 3 rings (SSSR count). The highest BCUT2D eigenvalue weighted by molar-refractivity contribution is 7.15. The maximum Gasteiger partial charge on any atom is 0.355 e. The maximum atomic E-state index is 10.9. The molecule has 3 aromatic rings. The number of hydrogen-bond donors (Lipinski definition) is 1. The maximum absolute atomic E-state index is 10.9. The number of thiazole rings is 1. The highest BCUT2D eigenvalue weighted by Crippen LogP contribution is 2.20. The first-order valence-corrected chi connectivity index (χ1v) is 5.76. The van der Waals surface area contributed by atoms with Crippen molar-refractivity contribution in [3.8, 4) is 11.4 Å². The van der Waals surface area contributed by atoms with Gasteiger partial charge in [0.1, 0.15) is 0 Å². The summed E-state index contributed by atoms with van der Waals surface area (Å²) in [5, 5.41) is 14.7. The van der Waals surface area contributed by atoms with Gasteiger partial charge in [-0.1, -0.05) is 30.3 Å². The Kier molecular flexibility index (Phi) is 2.15. The molecule has 5 nitrogen and oxygen atoms in total. The lowest BCUT2D eigenvalue weighted by molar-refractivity contribution is 0.0688. The van der Waals surface area contributed by atoms with Gasteiger partial charge in [-0.05, 0) is 0 Å². The average Bonchev–Trinajstić information content (AvgIpc) is 2.88. The van der Waals surface area contributed by atoms with E-state index in [1.807, 2.05) is 30.3 Å². The Bertz CT molecular complexity index is 687. The molecule has 17 heavy (non-hydrogen) atoms. The Balaban J connectivity index is 2.18. The van der Waals surface area contributed by atoms with Crippen LogP contribution in [0.1, 0.15) is 10.5 Å². The number of carboxylic acid groups (broad SMARTS) is 1. The number of aromatic nitrogens is 3. The Morgan fingerprint density at radius 2 is 2.06 bits per heavy atom. The number of benzene rings is 1. The fourth-order valence-electron chi connectivity index (χ4n) is 1.54. The lowest BCUT2D eigenvalue weighted by Gasteiger charge is -1.92. The highest BCUT2D eigenvalue weighted by Gasteiger charge is 2.15. The number of nitrogens with zero attached hydrogens (tertiary/aromatic N) is 3. The fourth-order valence-corrected chi connectivity index (χ4v) is 2.34. The van der Waals surface area contributed by atoms with Gasteiger partial charge in [-0.25, -0.2) is 4.79 Å². The van der Waals surface area contributed by atoms with Crippen molar-refractivity contribution in [1.82, 2.24) is 14.6 Å². The molecule has 0 radical (unpaired) electrons. The summed E-state index contributed by atoms with van der Waals surface area (Å²) in [5.41, 5.74) is 1.01. The summed E-state index contributed by atoms with van der Waals surface area (Å²) in [6.45, 7) is 0. The van der Waals surface area contributed by atoms with Gasteiger partial charge in [-0.3, -0.25) is 0 Å². The smallest absolute Gasteiger partial charge is 0.355 e. The molecule has 0 amide bonds. The van der Waals surface area contributed by atoms with Crippen LogP contribution in [0.4, 0.5) is 0 Å². The van der Waals surface area contributed by atoms with Gasteiger partial charge < -0.3 is 5.11 Å². The van der Waals surface area contributed by atoms with E-state index < -0.39 is 5.97 Å². The summed E-state index contributed by atoms with van der Waals surface area (Å²) >= 11 is 1.27. The summed E-state index contributed by atoms with van der Waals surface area (Å²) in [4.78, 5) is 15.8. The van der Waals surface area contributed by atoms with Gasteiger partial charge in [0.25, 0.3) is 0 Å². The molecule has 0 bridgehead atoms. The Labute approximate surface area is 100.0 Å². The molecule has 2 heterocycles. The van der Waals surface area contributed by atoms with Crippen molar-refractivity contribution in [2.45, 2.75) is 0 Å². The molecule has 0 unspecified atom stereocenters. The van der Waals surface area contributed by atoms with Crippen molar-refractivity contribution in [3.05, 3.63) is 41.4 Å². The van der Waals surface area contributed by atoms with Crippen LogP contribution in [0.5, 0.6) is 0 Å². The monoisotopic (exact) mass is 245 g/mol. The lowest BCUT2D eigenvalue weighted by Crippen LogP contribution is -2.01. The topological polar surface area (TPSA) is 67.5 Å². The van der Waals surface area contributed by atoms with Crippen LogP contribution < -0.4 is 0 Å². The van der Waals surface area contributed by atoms with Crippen molar-refractivity contribution >= 4 is 22.3 Å². The molecule has 0 aliphatic heterocycles. The van der Waals surface area contributed by atoms with E-state index in [-0.39, 0.29) is 5.69 Å². The Morgan fingerprint density at radius 1 is 1.29 bits per heavy atom. The van der Waals surface area contributed by atoms with E-state index in [0.717, 1.165) is 5.56 Å². The first kappa shape index (κ1) is 9.98. The highest BCUT2D eigenvalue weighted by atomic mass is 32.1. The molecule has 0 saturated heterocycles. The van der Waals surface area contributed by atoms with E-state index in [2.05, 4.69) is 10.1 Å². The molecule has 1 N–H and O–H groups in total. The minimum atomic E-state index is -0.999. The van der Waals surface area contributed by atoms with E-state index in [9.17, 15) is 4.79 Å². The predicted molar refractivity (Wildman–Crippen MR) is 63.3 cm³/mol. The van der Waals surface area contributed by atoms with Crippen LogP contribution in [-0.4, -0.2) is 25.7 Å². The molecule has 1 aromatic carbocycles. The van der Waals surface area contributed by atoms with Crippen LogP contribution in [0, 0.1) is 0 Å². The van der Waals surface area contributed by atoms with Crippen molar-refractivity contribution in [3.63, 3.8) is 0 Å². The molecule has 0 saturated carbocycles. The molecule has 0 aliphatic carbocycles. The van der Waals surface area contributed by atoms with Crippen LogP contribution in [0.25, 0.3) is 16.3 Å². The molecule has 2 aromatic heterocycles. The van der Waals surface area contributed by atoms with Crippen LogP contribution in [0.15, 0.2) is 35.7 Å². The standard InChI is InChI=1S/C11H7N3O2S/c15-10(16)8-6-17-11-12-9(13-14(8)11)7-4-2-1-3-5-7/h1-6H,(H,15,16). The van der Waals surface area contributed by atoms with Crippen molar-refractivity contribution < 1.29 is 9.90 Å². The van der Waals surface area contributed by atoms with Crippen molar-refractivity contribution in [1.29, 1.82) is 0 Å². The number of carboxylic acids is 1. The largest absolute Gasteiger partial charge is 0.476 e. The van der Waals surface area contributed by atoms with E-state index in [4.69, 9.17) is 5.11 Å². The molecule has 6 heteroatoms. The molecule has 0 atom stereocenters. The summed E-state index contributed by atoms with van der Waals surface area (Å²) in [6.07, 6.45) is 0. The molecule has 0 spiro atoms. The number of rotatable bonds is 2. The fraction of sp³-hybridized carbons (Fsp3) is 0. The second-order valence-electron chi connectivity index (χ2n) is 3.42. The number of hydrogen-bond acceptors (Lipinski definition) is 4. The van der Waals surface area contributed by atoms with Gasteiger partial charge in [0, 0.05) is 10.9 Å². The van der Waals surface area contributed by atoms with Gasteiger partial charge in [-0.15, -0.1) is 16.4 Å². The van der Waals surface area contributed by atoms with Gasteiger partial charge in [0.2, 0.25) is 4.96 Å². The van der Waals surface area contributed by atoms with Crippen molar-refractivity contribution in [2.24, 2.45) is 0 Å². The third-order valence-electron chi connectivity index (χ3n) is 2.33. The average molecular weight is 245 g/mol. The first-order valence-electron chi connectivity index (χ1n) is 4.88. The Hall–Kier alpha value is -2.21. The van der Waals surface area contributed by atoms with Gasteiger partial charge in [0.05, 0.1) is 0 Å². The van der Waals surface area contributed by atoms with Crippen LogP contribution >= 0.6 is 11.3 Å². The minimum absolute atomic E-state index is 0.139. The first-order chi connectivity index (χ1) is 8.25.